The lowest BCUT2D eigenvalue weighted by Crippen LogP contribution is -2.21. The summed E-state index contributed by atoms with van der Waals surface area (Å²) in [4.78, 5) is 24.7. The average Bonchev–Trinajstić information content (AvgIpc) is 2.41. The Morgan fingerprint density at radius 3 is 2.25 bits per heavy atom. The fraction of sp³-hybridized carbons (Fsp3) is 0.0667. The monoisotopic (exact) mass is 270 g/mol. The van der Waals surface area contributed by atoms with Crippen LogP contribution in [0.4, 0.5) is 0 Å². The van der Waals surface area contributed by atoms with E-state index in [2.05, 4.69) is 0 Å². The third kappa shape index (κ3) is 1.43. The van der Waals surface area contributed by atoms with Crippen molar-refractivity contribution in [3.63, 3.8) is 0 Å². The van der Waals surface area contributed by atoms with Gasteiger partial charge in [0.2, 0.25) is 0 Å². The second-order valence-electron chi connectivity index (χ2n) is 4.68. The molecule has 0 radical (unpaired) electrons. The number of hydrogen-bond acceptors (Lipinski definition) is 5. The molecule has 5 nitrogen and oxygen atoms in total. The van der Waals surface area contributed by atoms with E-state index in [9.17, 15) is 24.9 Å². The Bertz CT molecular complexity index is 789. The second kappa shape index (κ2) is 3.84. The van der Waals surface area contributed by atoms with E-state index in [4.69, 9.17) is 0 Å². The highest BCUT2D eigenvalue weighted by Crippen LogP contribution is 2.39. The van der Waals surface area contributed by atoms with Crippen LogP contribution in [0.25, 0.3) is 0 Å². The Labute approximate surface area is 113 Å². The van der Waals surface area contributed by atoms with Crippen molar-refractivity contribution in [2.75, 3.05) is 0 Å². The van der Waals surface area contributed by atoms with Gasteiger partial charge in [-0.05, 0) is 31.2 Å². The van der Waals surface area contributed by atoms with Gasteiger partial charge in [0.05, 0.1) is 5.56 Å². The molecule has 0 atom stereocenters. The van der Waals surface area contributed by atoms with Crippen LogP contribution in [0.2, 0.25) is 0 Å². The zero-order chi connectivity index (χ0) is 14.6. The van der Waals surface area contributed by atoms with E-state index in [1.54, 1.807) is 0 Å². The van der Waals surface area contributed by atoms with Gasteiger partial charge in [-0.2, -0.15) is 0 Å². The molecule has 3 rings (SSSR count). The number of rotatable bonds is 0. The van der Waals surface area contributed by atoms with Gasteiger partial charge in [-0.15, -0.1) is 0 Å². The van der Waals surface area contributed by atoms with Crippen LogP contribution in [0, 0.1) is 6.92 Å². The highest BCUT2D eigenvalue weighted by atomic mass is 16.3. The van der Waals surface area contributed by atoms with Crippen molar-refractivity contribution >= 4 is 11.6 Å². The summed E-state index contributed by atoms with van der Waals surface area (Å²) in [6.07, 6.45) is 0. The Morgan fingerprint density at radius 2 is 1.55 bits per heavy atom. The van der Waals surface area contributed by atoms with Crippen molar-refractivity contribution in [3.8, 4) is 17.2 Å². The quantitative estimate of drug-likeness (QED) is 0.579. The van der Waals surface area contributed by atoms with Crippen LogP contribution in [-0.2, 0) is 0 Å². The summed E-state index contributed by atoms with van der Waals surface area (Å²) >= 11 is 0. The largest absolute Gasteiger partial charge is 0.508 e. The van der Waals surface area contributed by atoms with Gasteiger partial charge in [-0.25, -0.2) is 0 Å². The van der Waals surface area contributed by atoms with Gasteiger partial charge in [-0.1, -0.05) is 0 Å². The van der Waals surface area contributed by atoms with Gasteiger partial charge < -0.3 is 15.3 Å². The minimum Gasteiger partial charge on any atom is -0.508 e. The van der Waals surface area contributed by atoms with Crippen molar-refractivity contribution in [2.45, 2.75) is 6.92 Å². The number of ketones is 2. The van der Waals surface area contributed by atoms with E-state index in [-0.39, 0.29) is 39.3 Å². The third-order valence-corrected chi connectivity index (χ3v) is 3.49. The molecule has 2 aromatic rings. The number of hydrogen-bond donors (Lipinski definition) is 3. The molecular weight excluding hydrogens is 260 g/mol. The van der Waals surface area contributed by atoms with E-state index in [0.29, 0.717) is 0 Å². The van der Waals surface area contributed by atoms with Gasteiger partial charge in [0.1, 0.15) is 17.2 Å². The van der Waals surface area contributed by atoms with Crippen LogP contribution in [0.15, 0.2) is 24.3 Å². The summed E-state index contributed by atoms with van der Waals surface area (Å²) in [5.74, 6) is -1.81. The normalized spacial score (nSPS) is 13.1. The van der Waals surface area contributed by atoms with Crippen LogP contribution < -0.4 is 0 Å². The maximum absolute atomic E-state index is 12.4. The first-order chi connectivity index (χ1) is 9.41. The zero-order valence-electron chi connectivity index (χ0n) is 10.5. The fourth-order valence-electron chi connectivity index (χ4n) is 2.36. The Morgan fingerprint density at radius 1 is 0.850 bits per heavy atom. The highest BCUT2D eigenvalue weighted by molar-refractivity contribution is 6.29. The first kappa shape index (κ1) is 12.2. The fourth-order valence-corrected chi connectivity index (χ4v) is 2.36. The molecule has 0 bridgehead atoms. The van der Waals surface area contributed by atoms with Crippen LogP contribution in [0.1, 0.15) is 37.4 Å². The van der Waals surface area contributed by atoms with Crippen molar-refractivity contribution in [1.29, 1.82) is 0 Å². The summed E-state index contributed by atoms with van der Waals surface area (Å²) in [6.45, 7) is 1.45. The molecule has 0 fully saturated rings. The maximum atomic E-state index is 12.4. The van der Waals surface area contributed by atoms with Gasteiger partial charge in [0.25, 0.3) is 0 Å². The predicted molar refractivity (Wildman–Crippen MR) is 69.5 cm³/mol. The van der Waals surface area contributed by atoms with Gasteiger partial charge in [0.15, 0.2) is 11.6 Å². The second-order valence-corrected chi connectivity index (χ2v) is 4.68. The molecule has 1 aliphatic carbocycles. The average molecular weight is 270 g/mol. The Balaban J connectivity index is 2.38. The van der Waals surface area contributed by atoms with Crippen LogP contribution in [0.5, 0.6) is 17.2 Å². The molecule has 0 heterocycles. The highest BCUT2D eigenvalue weighted by Gasteiger charge is 2.33. The molecule has 0 aromatic heterocycles. The standard InChI is InChI=1S/C15H10O5/c1-6-11(17)5-10-12(13(6)18)15(20)9-4-7(16)2-3-8(9)14(10)19/h2-5,16-18H,1H3. The van der Waals surface area contributed by atoms with E-state index in [0.717, 1.165) is 0 Å². The molecule has 0 aliphatic heterocycles. The minimum absolute atomic E-state index is 0.0335. The zero-order valence-corrected chi connectivity index (χ0v) is 10.5. The SMILES string of the molecule is Cc1c(O)cc2c(c1O)C(=O)c1cc(O)ccc1C2=O. The Hall–Kier alpha value is -2.82. The maximum Gasteiger partial charge on any atom is 0.198 e. The molecule has 0 unspecified atom stereocenters. The number of benzene rings is 2. The third-order valence-electron chi connectivity index (χ3n) is 3.49. The summed E-state index contributed by atoms with van der Waals surface area (Å²) < 4.78 is 0. The van der Waals surface area contributed by atoms with Gasteiger partial charge in [-0.3, -0.25) is 9.59 Å². The van der Waals surface area contributed by atoms with Crippen molar-refractivity contribution < 1.29 is 24.9 Å². The van der Waals surface area contributed by atoms with Crippen LogP contribution in [-0.4, -0.2) is 26.9 Å². The molecule has 20 heavy (non-hydrogen) atoms. The van der Waals surface area contributed by atoms with E-state index in [1.807, 2.05) is 0 Å². The number of phenolic OH excluding ortho intramolecular Hbond substituents is 3. The smallest absolute Gasteiger partial charge is 0.198 e. The number of phenols is 3. The van der Waals surface area contributed by atoms with Crippen molar-refractivity contribution in [3.05, 3.63) is 52.1 Å². The van der Waals surface area contributed by atoms with Crippen molar-refractivity contribution in [2.24, 2.45) is 0 Å². The molecule has 0 spiro atoms. The molecule has 1 aliphatic rings. The molecule has 0 saturated carbocycles. The first-order valence-corrected chi connectivity index (χ1v) is 5.89. The number of carbonyl (C=O) groups is 2. The topological polar surface area (TPSA) is 94.8 Å². The summed E-state index contributed by atoms with van der Waals surface area (Å²) in [7, 11) is 0. The minimum atomic E-state index is -0.550. The summed E-state index contributed by atoms with van der Waals surface area (Å²) in [6, 6.07) is 5.03. The van der Waals surface area contributed by atoms with Crippen molar-refractivity contribution in [1.82, 2.24) is 0 Å². The lowest BCUT2D eigenvalue weighted by Gasteiger charge is -2.20. The Kier molecular flexibility index (Phi) is 2.34. The molecular formula is C15H10O5. The van der Waals surface area contributed by atoms with Crippen LogP contribution in [0.3, 0.4) is 0 Å². The van der Waals surface area contributed by atoms with E-state index in [1.165, 1.54) is 31.2 Å². The van der Waals surface area contributed by atoms with E-state index < -0.39 is 17.3 Å². The molecule has 0 saturated heterocycles. The summed E-state index contributed by atoms with van der Waals surface area (Å²) in [5, 5.41) is 29.1. The first-order valence-electron chi connectivity index (χ1n) is 5.89. The number of aromatic hydroxyl groups is 3. The van der Waals surface area contributed by atoms with Gasteiger partial charge >= 0.3 is 0 Å². The van der Waals surface area contributed by atoms with E-state index >= 15 is 0 Å². The number of fused-ring (bicyclic) bond motifs is 2. The van der Waals surface area contributed by atoms with Crippen LogP contribution >= 0.6 is 0 Å². The molecule has 3 N–H and O–H groups in total. The molecule has 2 aromatic carbocycles. The molecule has 5 heteroatoms. The summed E-state index contributed by atoms with van der Waals surface area (Å²) in [5.41, 5.74) is 0.150. The predicted octanol–water partition coefficient (Wildman–Crippen LogP) is 1.89. The number of carbonyl (C=O) groups excluding carboxylic acids is 2. The molecule has 0 amide bonds. The lowest BCUT2D eigenvalue weighted by molar-refractivity contribution is 0.0976. The van der Waals surface area contributed by atoms with Gasteiger partial charge in [0, 0.05) is 22.3 Å². The molecule has 100 valence electrons. The lowest BCUT2D eigenvalue weighted by atomic mass is 9.82.